The number of nitrogens with one attached hydrogen (secondary N) is 1. The number of rotatable bonds is 5. The van der Waals surface area contributed by atoms with E-state index in [0.717, 1.165) is 6.42 Å². The van der Waals surface area contributed by atoms with Crippen LogP contribution >= 0.6 is 22.9 Å². The van der Waals surface area contributed by atoms with Crippen molar-refractivity contribution in [3.05, 3.63) is 39.4 Å². The van der Waals surface area contributed by atoms with Gasteiger partial charge in [0, 0.05) is 11.4 Å². The van der Waals surface area contributed by atoms with Gasteiger partial charge in [0.2, 0.25) is 0 Å². The van der Waals surface area contributed by atoms with Crippen molar-refractivity contribution < 1.29 is 4.79 Å². The zero-order valence-electron chi connectivity index (χ0n) is 8.89. The molecular weight excluding hydrogens is 258 g/mol. The maximum absolute atomic E-state index is 10.8. The zero-order chi connectivity index (χ0) is 12.1. The predicted molar refractivity (Wildman–Crippen MR) is 68.9 cm³/mol. The van der Waals surface area contributed by atoms with Crippen LogP contribution in [0.25, 0.3) is 0 Å². The van der Waals surface area contributed by atoms with Crippen LogP contribution in [0.15, 0.2) is 23.8 Å². The van der Waals surface area contributed by atoms with Gasteiger partial charge >= 0.3 is 0 Å². The Morgan fingerprint density at radius 3 is 3.06 bits per heavy atom. The van der Waals surface area contributed by atoms with Crippen LogP contribution in [0, 0.1) is 0 Å². The van der Waals surface area contributed by atoms with Gasteiger partial charge in [-0.2, -0.15) is 0 Å². The molecule has 2 aromatic rings. The highest BCUT2D eigenvalue weighted by Crippen LogP contribution is 2.17. The lowest BCUT2D eigenvalue weighted by Crippen LogP contribution is -2.08. The molecule has 2 aromatic heterocycles. The molecule has 0 spiro atoms. The first-order valence-electron chi connectivity index (χ1n) is 5.03. The lowest BCUT2D eigenvalue weighted by Gasteiger charge is -2.06. The highest BCUT2D eigenvalue weighted by Gasteiger charge is 2.08. The van der Waals surface area contributed by atoms with Crippen molar-refractivity contribution >= 4 is 35.0 Å². The summed E-state index contributed by atoms with van der Waals surface area (Å²) in [5.74, 6) is 0.483. The lowest BCUT2D eigenvalue weighted by molar-refractivity contribution is 0.112. The summed E-state index contributed by atoms with van der Waals surface area (Å²) >= 11 is 7.49. The van der Waals surface area contributed by atoms with Crippen molar-refractivity contribution in [1.29, 1.82) is 0 Å². The van der Waals surface area contributed by atoms with E-state index in [0.29, 0.717) is 24.2 Å². The third kappa shape index (κ3) is 3.01. The molecular formula is C11H10ClN3OS. The van der Waals surface area contributed by atoms with Crippen LogP contribution in [0.1, 0.15) is 15.2 Å². The highest BCUT2D eigenvalue weighted by atomic mass is 35.5. The average Bonchev–Trinajstić information content (AvgIpc) is 2.82. The molecule has 0 unspecified atom stereocenters. The monoisotopic (exact) mass is 267 g/mol. The molecule has 0 aromatic carbocycles. The number of anilines is 1. The first kappa shape index (κ1) is 12.0. The SMILES string of the molecule is O=Cc1c(Cl)ncnc1NCCc1cccs1. The Labute approximate surface area is 108 Å². The van der Waals surface area contributed by atoms with Gasteiger partial charge in [0.05, 0.1) is 5.56 Å². The van der Waals surface area contributed by atoms with E-state index < -0.39 is 0 Å². The molecule has 0 fully saturated rings. The summed E-state index contributed by atoms with van der Waals surface area (Å²) in [5.41, 5.74) is 0.306. The molecule has 0 aliphatic heterocycles. The standard InChI is InChI=1S/C11H10ClN3OS/c12-10-9(6-16)11(15-7-14-10)13-4-3-8-2-1-5-17-8/h1-2,5-7H,3-4H2,(H,13,14,15). The van der Waals surface area contributed by atoms with E-state index in [1.165, 1.54) is 11.2 Å². The number of hydrogen-bond donors (Lipinski definition) is 1. The summed E-state index contributed by atoms with van der Waals surface area (Å²) in [5, 5.41) is 5.29. The van der Waals surface area contributed by atoms with Crippen LogP contribution in [0.3, 0.4) is 0 Å². The van der Waals surface area contributed by atoms with Crippen LogP contribution in [0.4, 0.5) is 5.82 Å². The molecule has 6 heteroatoms. The van der Waals surface area contributed by atoms with Crippen LogP contribution in [-0.4, -0.2) is 22.8 Å². The number of carbonyl (C=O) groups is 1. The van der Waals surface area contributed by atoms with Gasteiger partial charge in [-0.05, 0) is 17.9 Å². The predicted octanol–water partition coefficient (Wildman–Crippen LogP) is 2.66. The molecule has 0 saturated heterocycles. The van der Waals surface area contributed by atoms with Gasteiger partial charge < -0.3 is 5.32 Å². The zero-order valence-corrected chi connectivity index (χ0v) is 10.5. The number of thiophene rings is 1. The smallest absolute Gasteiger partial charge is 0.156 e. The Morgan fingerprint density at radius 2 is 2.35 bits per heavy atom. The average molecular weight is 268 g/mol. The fourth-order valence-corrected chi connectivity index (χ4v) is 2.26. The van der Waals surface area contributed by atoms with Crippen LogP contribution < -0.4 is 5.32 Å². The van der Waals surface area contributed by atoms with E-state index in [9.17, 15) is 4.79 Å². The fraction of sp³-hybridized carbons (Fsp3) is 0.182. The van der Waals surface area contributed by atoms with Gasteiger partial charge in [0.1, 0.15) is 17.3 Å². The second-order valence-electron chi connectivity index (χ2n) is 3.30. The summed E-state index contributed by atoms with van der Waals surface area (Å²) in [6.45, 7) is 0.703. The van der Waals surface area contributed by atoms with E-state index >= 15 is 0 Å². The van der Waals surface area contributed by atoms with E-state index in [-0.39, 0.29) is 5.15 Å². The molecule has 0 saturated carbocycles. The van der Waals surface area contributed by atoms with Gasteiger partial charge in [0.25, 0.3) is 0 Å². The molecule has 0 atom stereocenters. The van der Waals surface area contributed by atoms with E-state index in [4.69, 9.17) is 11.6 Å². The molecule has 2 rings (SSSR count). The second-order valence-corrected chi connectivity index (χ2v) is 4.69. The van der Waals surface area contributed by atoms with E-state index in [1.54, 1.807) is 11.3 Å². The van der Waals surface area contributed by atoms with Gasteiger partial charge in [-0.25, -0.2) is 9.97 Å². The second kappa shape index (κ2) is 5.75. The summed E-state index contributed by atoms with van der Waals surface area (Å²) in [6.07, 6.45) is 2.89. The minimum atomic E-state index is 0.175. The lowest BCUT2D eigenvalue weighted by atomic mass is 10.3. The summed E-state index contributed by atoms with van der Waals surface area (Å²) < 4.78 is 0. The molecule has 1 N–H and O–H groups in total. The third-order valence-electron chi connectivity index (χ3n) is 2.20. The number of aldehydes is 1. The molecule has 17 heavy (non-hydrogen) atoms. The van der Waals surface area contributed by atoms with Crippen molar-refractivity contribution in [1.82, 2.24) is 9.97 Å². The number of nitrogens with zero attached hydrogens (tertiary/aromatic N) is 2. The maximum Gasteiger partial charge on any atom is 0.156 e. The number of carbonyl (C=O) groups excluding carboxylic acids is 1. The molecule has 0 radical (unpaired) electrons. The minimum Gasteiger partial charge on any atom is -0.369 e. The van der Waals surface area contributed by atoms with Crippen molar-refractivity contribution in [3.63, 3.8) is 0 Å². The first-order chi connectivity index (χ1) is 8.31. The van der Waals surface area contributed by atoms with Crippen molar-refractivity contribution in [2.45, 2.75) is 6.42 Å². The Balaban J connectivity index is 1.99. The van der Waals surface area contributed by atoms with Crippen molar-refractivity contribution in [2.75, 3.05) is 11.9 Å². The number of hydrogen-bond acceptors (Lipinski definition) is 5. The van der Waals surface area contributed by atoms with Gasteiger partial charge in [0.15, 0.2) is 6.29 Å². The Kier molecular flexibility index (Phi) is 4.06. The highest BCUT2D eigenvalue weighted by molar-refractivity contribution is 7.09. The molecule has 4 nitrogen and oxygen atoms in total. The summed E-state index contributed by atoms with van der Waals surface area (Å²) in [6, 6.07) is 4.08. The molecule has 0 aliphatic carbocycles. The van der Waals surface area contributed by atoms with Gasteiger partial charge in [-0.15, -0.1) is 11.3 Å². The fourth-order valence-electron chi connectivity index (χ4n) is 1.38. The van der Waals surface area contributed by atoms with E-state index in [1.807, 2.05) is 11.4 Å². The summed E-state index contributed by atoms with van der Waals surface area (Å²) in [7, 11) is 0. The minimum absolute atomic E-state index is 0.175. The molecule has 0 bridgehead atoms. The Bertz CT molecular complexity index is 501. The molecule has 0 amide bonds. The van der Waals surface area contributed by atoms with Crippen LogP contribution in [-0.2, 0) is 6.42 Å². The normalized spacial score (nSPS) is 10.2. The third-order valence-corrected chi connectivity index (χ3v) is 3.43. The Hall–Kier alpha value is -1.46. The maximum atomic E-state index is 10.8. The van der Waals surface area contributed by atoms with Gasteiger partial charge in [-0.3, -0.25) is 4.79 Å². The largest absolute Gasteiger partial charge is 0.369 e. The molecule has 0 aliphatic rings. The van der Waals surface area contributed by atoms with Crippen molar-refractivity contribution in [2.24, 2.45) is 0 Å². The quantitative estimate of drug-likeness (QED) is 0.668. The topological polar surface area (TPSA) is 54.9 Å². The van der Waals surface area contributed by atoms with Crippen LogP contribution in [0.5, 0.6) is 0 Å². The molecule has 88 valence electrons. The number of halogens is 1. The van der Waals surface area contributed by atoms with Crippen LogP contribution in [0.2, 0.25) is 5.15 Å². The van der Waals surface area contributed by atoms with Gasteiger partial charge in [-0.1, -0.05) is 17.7 Å². The summed E-state index contributed by atoms with van der Waals surface area (Å²) in [4.78, 5) is 19.9. The Morgan fingerprint density at radius 1 is 1.47 bits per heavy atom. The van der Waals surface area contributed by atoms with E-state index in [2.05, 4.69) is 21.4 Å². The van der Waals surface area contributed by atoms with Crippen molar-refractivity contribution in [3.8, 4) is 0 Å². The molecule has 2 heterocycles. The number of aromatic nitrogens is 2. The first-order valence-corrected chi connectivity index (χ1v) is 6.29.